The van der Waals surface area contributed by atoms with Crippen molar-refractivity contribution in [1.29, 1.82) is 0 Å². The lowest BCUT2D eigenvalue weighted by Gasteiger charge is -2.02. The Morgan fingerprint density at radius 2 is 1.16 bits per heavy atom. The molecule has 0 aromatic heterocycles. The monoisotopic (exact) mass is 274 g/mol. The molecule has 0 aliphatic carbocycles. The highest BCUT2D eigenvalue weighted by molar-refractivity contribution is 6.03. The second kappa shape index (κ2) is 9.49. The molecule has 1 aromatic rings. The van der Waals surface area contributed by atoms with Crippen LogP contribution in [-0.2, 0) is 0 Å². The first kappa shape index (κ1) is 18.8. The Labute approximate surface area is 107 Å². The van der Waals surface area contributed by atoms with Crippen LogP contribution in [0.4, 0.5) is 0 Å². The van der Waals surface area contributed by atoms with Crippen molar-refractivity contribution < 1.29 is 29.7 Å². The molecule has 10 heteroatoms. The van der Waals surface area contributed by atoms with E-state index in [1.54, 1.807) is 0 Å². The van der Waals surface area contributed by atoms with Crippen molar-refractivity contribution in [2.45, 2.75) is 0 Å². The van der Waals surface area contributed by atoms with Crippen LogP contribution in [0.5, 0.6) is 0 Å². The van der Waals surface area contributed by atoms with Gasteiger partial charge in [-0.05, 0) is 18.2 Å². The molecule has 11 N–H and O–H groups in total. The highest BCUT2D eigenvalue weighted by Gasteiger charge is 2.17. The third kappa shape index (κ3) is 5.56. The van der Waals surface area contributed by atoms with Crippen LogP contribution in [0.1, 0.15) is 31.1 Å². The van der Waals surface area contributed by atoms with Crippen molar-refractivity contribution in [1.82, 2.24) is 0 Å². The molecule has 1 rings (SSSR count). The average Bonchev–Trinajstić information content (AvgIpc) is 2.42. The van der Waals surface area contributed by atoms with Crippen molar-refractivity contribution >= 4 is 17.9 Å². The topological polar surface area (TPSA) is 216 Å². The minimum absolute atomic E-state index is 0.266. The summed E-state index contributed by atoms with van der Waals surface area (Å²) in [4.78, 5) is 31.8. The first-order valence-electron chi connectivity index (χ1n) is 4.44. The lowest BCUT2D eigenvalue weighted by Crippen LogP contribution is -2.10. The number of carboxylic acids is 3. The van der Waals surface area contributed by atoms with E-state index < -0.39 is 29.0 Å². The summed E-state index contributed by atoms with van der Waals surface area (Å²) in [7, 11) is 0. The van der Waals surface area contributed by atoms with Gasteiger partial charge in [0.25, 0.3) is 0 Å². The zero-order chi connectivity index (χ0) is 15.6. The van der Waals surface area contributed by atoms with Crippen molar-refractivity contribution in [3.05, 3.63) is 34.9 Å². The van der Waals surface area contributed by atoms with E-state index in [9.17, 15) is 14.4 Å². The minimum atomic E-state index is -1.48. The van der Waals surface area contributed by atoms with E-state index in [-0.39, 0.29) is 5.56 Å². The van der Waals surface area contributed by atoms with Crippen LogP contribution in [0.15, 0.2) is 18.2 Å². The molecule has 0 heterocycles. The van der Waals surface area contributed by atoms with Crippen molar-refractivity contribution in [2.24, 2.45) is 23.4 Å². The number of nitrogens with two attached hydrogens (primary N) is 4. The van der Waals surface area contributed by atoms with Gasteiger partial charge < -0.3 is 15.3 Å². The van der Waals surface area contributed by atoms with E-state index >= 15 is 0 Å². The van der Waals surface area contributed by atoms with Gasteiger partial charge >= 0.3 is 17.9 Å². The van der Waals surface area contributed by atoms with Crippen molar-refractivity contribution in [2.75, 3.05) is 0 Å². The first-order chi connectivity index (χ1) is 8.93. The summed E-state index contributed by atoms with van der Waals surface area (Å²) in [6.45, 7) is 0. The predicted molar refractivity (Wildman–Crippen MR) is 64.1 cm³/mol. The van der Waals surface area contributed by atoms with Gasteiger partial charge in [0.15, 0.2) is 0 Å². The molecule has 19 heavy (non-hydrogen) atoms. The molecule has 0 fully saturated rings. The highest BCUT2D eigenvalue weighted by Crippen LogP contribution is 2.12. The number of hydrogen-bond donors (Lipinski definition) is 7. The third-order valence-corrected chi connectivity index (χ3v) is 1.73. The summed E-state index contributed by atoms with van der Waals surface area (Å²) in [5.41, 5.74) is -1.24. The van der Waals surface area contributed by atoms with Gasteiger partial charge in [0.2, 0.25) is 0 Å². The van der Waals surface area contributed by atoms with Crippen LogP contribution in [0, 0.1) is 0 Å². The fraction of sp³-hybridized carbons (Fsp3) is 0. The Morgan fingerprint density at radius 1 is 0.737 bits per heavy atom. The Bertz CT molecular complexity index is 462. The molecule has 0 radical (unpaired) electrons. The van der Waals surface area contributed by atoms with E-state index in [2.05, 4.69) is 23.4 Å². The highest BCUT2D eigenvalue weighted by atomic mass is 16.4. The molecule has 0 saturated heterocycles. The van der Waals surface area contributed by atoms with Gasteiger partial charge in [-0.2, -0.15) is 0 Å². The molecule has 0 atom stereocenters. The molecule has 0 bridgehead atoms. The molecule has 0 spiro atoms. The standard InChI is InChI=1S/C9H6O6.2H4N2/c10-7(11)4-1-2-5(8(12)13)6(3-4)9(14)15;2*1-2/h1-3H,(H,10,11)(H,12,13)(H,14,15);2*1-2H2. The van der Waals surface area contributed by atoms with Crippen LogP contribution in [0.25, 0.3) is 0 Å². The van der Waals surface area contributed by atoms with Crippen molar-refractivity contribution in [3.8, 4) is 0 Å². The van der Waals surface area contributed by atoms with Crippen LogP contribution in [0.2, 0.25) is 0 Å². The van der Waals surface area contributed by atoms with Crippen LogP contribution < -0.4 is 23.4 Å². The normalized spacial score (nSPS) is 8.21. The molecule has 0 unspecified atom stereocenters. The maximum absolute atomic E-state index is 10.6. The minimum Gasteiger partial charge on any atom is -0.478 e. The number of rotatable bonds is 3. The molecular weight excluding hydrogens is 260 g/mol. The second-order valence-electron chi connectivity index (χ2n) is 2.68. The number of carboxylic acid groups (broad SMARTS) is 3. The predicted octanol–water partition coefficient (Wildman–Crippen LogP) is -1.58. The maximum atomic E-state index is 10.6. The van der Waals surface area contributed by atoms with E-state index in [1.807, 2.05) is 0 Å². The summed E-state index contributed by atoms with van der Waals surface area (Å²) in [6, 6.07) is 2.81. The first-order valence-corrected chi connectivity index (χ1v) is 4.44. The summed E-state index contributed by atoms with van der Waals surface area (Å²) in [5.74, 6) is 11.8. The Morgan fingerprint density at radius 3 is 1.47 bits per heavy atom. The van der Waals surface area contributed by atoms with E-state index in [0.717, 1.165) is 18.2 Å². The number of benzene rings is 1. The van der Waals surface area contributed by atoms with Gasteiger partial charge in [-0.25, -0.2) is 14.4 Å². The Hall–Kier alpha value is -2.53. The average molecular weight is 274 g/mol. The summed E-state index contributed by atoms with van der Waals surface area (Å²) in [6.07, 6.45) is 0. The number of hydrogen-bond acceptors (Lipinski definition) is 7. The number of hydrazine groups is 2. The summed E-state index contributed by atoms with van der Waals surface area (Å²) >= 11 is 0. The second-order valence-corrected chi connectivity index (χ2v) is 2.68. The molecule has 10 nitrogen and oxygen atoms in total. The van der Waals surface area contributed by atoms with E-state index in [4.69, 9.17) is 15.3 Å². The largest absolute Gasteiger partial charge is 0.478 e. The summed E-state index contributed by atoms with van der Waals surface area (Å²) < 4.78 is 0. The lowest BCUT2D eigenvalue weighted by atomic mass is 10.0. The molecule has 106 valence electrons. The molecule has 0 saturated carbocycles. The molecule has 1 aromatic carbocycles. The van der Waals surface area contributed by atoms with Gasteiger partial charge in [-0.1, -0.05) is 0 Å². The quantitative estimate of drug-likeness (QED) is 0.247. The van der Waals surface area contributed by atoms with Crippen LogP contribution >= 0.6 is 0 Å². The Kier molecular flexibility index (Phi) is 9.41. The SMILES string of the molecule is NN.NN.O=C(O)c1ccc(C(=O)O)c(C(=O)O)c1. The van der Waals surface area contributed by atoms with Gasteiger partial charge in [0.05, 0.1) is 16.7 Å². The molecule has 0 amide bonds. The zero-order valence-electron chi connectivity index (χ0n) is 9.61. The lowest BCUT2D eigenvalue weighted by molar-refractivity contribution is 0.0649. The smallest absolute Gasteiger partial charge is 0.336 e. The molecular formula is C9H14N4O6. The fourth-order valence-corrected chi connectivity index (χ4v) is 1.04. The third-order valence-electron chi connectivity index (χ3n) is 1.73. The van der Waals surface area contributed by atoms with Crippen LogP contribution in [0.3, 0.4) is 0 Å². The number of carbonyl (C=O) groups is 3. The Balaban J connectivity index is 0. The zero-order valence-corrected chi connectivity index (χ0v) is 9.61. The molecule has 0 aliphatic rings. The fourth-order valence-electron chi connectivity index (χ4n) is 1.04. The molecule has 0 aliphatic heterocycles. The van der Waals surface area contributed by atoms with Gasteiger partial charge in [0.1, 0.15) is 0 Å². The van der Waals surface area contributed by atoms with E-state index in [0.29, 0.717) is 0 Å². The number of aromatic carboxylic acids is 3. The van der Waals surface area contributed by atoms with Crippen LogP contribution in [-0.4, -0.2) is 33.2 Å². The maximum Gasteiger partial charge on any atom is 0.336 e. The van der Waals surface area contributed by atoms with Gasteiger partial charge in [-0.3, -0.25) is 23.4 Å². The summed E-state index contributed by atoms with van der Waals surface area (Å²) in [5, 5.41) is 25.9. The van der Waals surface area contributed by atoms with Crippen molar-refractivity contribution in [3.63, 3.8) is 0 Å². The van der Waals surface area contributed by atoms with Gasteiger partial charge in [-0.15, -0.1) is 0 Å². The van der Waals surface area contributed by atoms with Gasteiger partial charge in [0, 0.05) is 0 Å². The van der Waals surface area contributed by atoms with E-state index in [1.165, 1.54) is 0 Å².